The summed E-state index contributed by atoms with van der Waals surface area (Å²) in [6.07, 6.45) is 11.1. The van der Waals surface area contributed by atoms with E-state index < -0.39 is 20.1 Å². The second kappa shape index (κ2) is 13.5. The third kappa shape index (κ3) is 7.52. The van der Waals surface area contributed by atoms with Gasteiger partial charge in [0.25, 0.3) is 0 Å². The molecule has 0 bridgehead atoms. The summed E-state index contributed by atoms with van der Waals surface area (Å²) >= 11 is -4.67. The summed E-state index contributed by atoms with van der Waals surface area (Å²) in [5.74, 6) is -0.331. The number of benzene rings is 2. The number of nitrogens with zero attached hydrogens (tertiary/aromatic N) is 2. The number of halogens is 1. The van der Waals surface area contributed by atoms with Crippen molar-refractivity contribution in [3.8, 4) is 22.4 Å². The third-order valence-electron chi connectivity index (χ3n) is 6.44. The van der Waals surface area contributed by atoms with Gasteiger partial charge in [0.2, 0.25) is 0 Å². The number of aromatic nitrogens is 3. The van der Waals surface area contributed by atoms with Crippen LogP contribution < -0.4 is 9.83 Å². The first-order valence-corrected chi connectivity index (χ1v) is 15.8. The van der Waals surface area contributed by atoms with Gasteiger partial charge in [-0.25, -0.2) is 4.39 Å². The summed E-state index contributed by atoms with van der Waals surface area (Å²) in [6.45, 7) is 1.22. The maximum atomic E-state index is 12.9. The van der Waals surface area contributed by atoms with E-state index in [0.717, 1.165) is 40.8 Å². The molecule has 9 nitrogen and oxygen atoms in total. The Kier molecular flexibility index (Phi) is 9.84. The molecule has 4 aromatic rings. The average molecular weight is 596 g/mol. The molecule has 2 heterocycles. The molecular weight excluding hydrogens is 566 g/mol. The molecule has 1 atom stereocenters. The first-order valence-electron chi connectivity index (χ1n) is 12.6. The van der Waals surface area contributed by atoms with Crippen LogP contribution in [0.15, 0.2) is 79.3 Å². The number of nitrogens with one attached hydrogen (secondary N) is 2. The van der Waals surface area contributed by atoms with Crippen molar-refractivity contribution in [1.29, 1.82) is 0 Å². The summed E-state index contributed by atoms with van der Waals surface area (Å²) in [5.41, 5.74) is 6.82. The van der Waals surface area contributed by atoms with Crippen molar-refractivity contribution in [2.75, 3.05) is 0 Å². The van der Waals surface area contributed by atoms with Crippen LogP contribution in [0.4, 0.5) is 4.39 Å². The number of H-pyrrole nitrogens is 1. The zero-order valence-corrected chi connectivity index (χ0v) is 23.3. The first kappa shape index (κ1) is 28.4. The van der Waals surface area contributed by atoms with E-state index in [1.165, 1.54) is 38.3 Å². The Balaban J connectivity index is 0.000000183. The van der Waals surface area contributed by atoms with E-state index in [-0.39, 0.29) is 10.2 Å². The van der Waals surface area contributed by atoms with Crippen molar-refractivity contribution in [2.45, 2.75) is 44.9 Å². The number of hydrogen-bond acceptors (Lipinski definition) is 7. The predicted molar refractivity (Wildman–Crippen MR) is 144 cm³/mol. The Hall–Kier alpha value is -3.56. The molecule has 0 saturated heterocycles. The van der Waals surface area contributed by atoms with Gasteiger partial charge in [0.15, 0.2) is 0 Å². The van der Waals surface area contributed by atoms with Crippen LogP contribution >= 0.6 is 0 Å². The van der Waals surface area contributed by atoms with Crippen LogP contribution in [0.3, 0.4) is 0 Å². The molecule has 1 amide bonds. The molecule has 1 aliphatic carbocycles. The minimum atomic E-state index is -4.67. The number of hydrogen-bond donors (Lipinski definition) is 3. The van der Waals surface area contributed by atoms with Gasteiger partial charge in [-0.15, -0.1) is 0 Å². The van der Waals surface area contributed by atoms with Crippen LogP contribution in [0.5, 0.6) is 0 Å². The number of amides is 1. The average Bonchev–Trinajstić information content (AvgIpc) is 3.48. The number of pyridine rings is 1. The molecule has 5 rings (SSSR count). The van der Waals surface area contributed by atoms with E-state index in [1.807, 2.05) is 23.7 Å². The Labute approximate surface area is 228 Å². The van der Waals surface area contributed by atoms with E-state index in [0.29, 0.717) is 5.92 Å². The summed E-state index contributed by atoms with van der Waals surface area (Å²) in [7, 11) is 0. The Bertz CT molecular complexity index is 1410. The third-order valence-corrected chi connectivity index (χ3v) is 9.50. The molecule has 1 fully saturated rings. The molecule has 39 heavy (non-hydrogen) atoms. The van der Waals surface area contributed by atoms with Crippen LogP contribution in [0.2, 0.25) is 0 Å². The quantitative estimate of drug-likeness (QED) is 0.153. The molecule has 2 aromatic carbocycles. The van der Waals surface area contributed by atoms with Crippen molar-refractivity contribution < 1.29 is 25.9 Å². The van der Waals surface area contributed by atoms with Gasteiger partial charge in [-0.05, 0) is 42.0 Å². The zero-order valence-electron chi connectivity index (χ0n) is 21.4. The fourth-order valence-electron chi connectivity index (χ4n) is 4.50. The normalized spacial score (nSPS) is 15.1. The summed E-state index contributed by atoms with van der Waals surface area (Å²) < 4.78 is 34.6. The standard InChI is InChI=1S/C14H20AsNO5.C14H10FN3/c1-11(17)16-20-15(18,21-19)14-9-5-8-13(10-14)12-6-3-2-4-7-12;15-12-3-1-11(2-4-12)14-13(9-17-18-14)10-5-7-16-8-6-10/h5,8-10,12,19H,2-4,6-7H2,1H3,(H,16,17);1-9H,(H,17,18). The topological polar surface area (TPSA) is 126 Å². The van der Waals surface area contributed by atoms with Gasteiger partial charge in [-0.2, -0.15) is 5.10 Å². The molecular formula is C28H30AsFN4O5. The smallest absolute Gasteiger partial charge is 0.123 e. The SMILES string of the molecule is CC(=O)NO[As](=O)(OO)c1cccc(C2CCCCC2)c1.Fc1ccc(-c2[nH]ncc2-c2ccncc2)cc1. The van der Waals surface area contributed by atoms with Crippen LogP contribution in [-0.2, 0) is 16.2 Å². The Morgan fingerprint density at radius 1 is 1.05 bits per heavy atom. The second-order valence-corrected chi connectivity index (χ2v) is 13.1. The largest absolute Gasteiger partial charge is 0.277 e. The second-order valence-electron chi connectivity index (χ2n) is 9.16. The molecule has 11 heteroatoms. The van der Waals surface area contributed by atoms with E-state index in [4.69, 9.17) is 9.08 Å². The fourth-order valence-corrected chi connectivity index (χ4v) is 6.72. The van der Waals surface area contributed by atoms with Crippen molar-refractivity contribution in [3.05, 3.63) is 90.6 Å². The van der Waals surface area contributed by atoms with Gasteiger partial charge in [-0.1, -0.05) is 0 Å². The van der Waals surface area contributed by atoms with Gasteiger partial charge in [0.05, 0.1) is 11.9 Å². The van der Waals surface area contributed by atoms with Gasteiger partial charge in [-0.3, -0.25) is 10.1 Å². The Morgan fingerprint density at radius 2 is 1.77 bits per heavy atom. The van der Waals surface area contributed by atoms with Crippen LogP contribution in [-0.4, -0.2) is 40.5 Å². The van der Waals surface area contributed by atoms with Crippen molar-refractivity contribution in [2.24, 2.45) is 0 Å². The molecule has 1 aliphatic rings. The summed E-state index contributed by atoms with van der Waals surface area (Å²) in [5, 5.41) is 15.9. The molecule has 204 valence electrons. The van der Waals surface area contributed by atoms with Gasteiger partial charge in [0, 0.05) is 23.5 Å². The van der Waals surface area contributed by atoms with E-state index in [2.05, 4.69) is 19.1 Å². The molecule has 0 spiro atoms. The van der Waals surface area contributed by atoms with Crippen LogP contribution in [0.1, 0.15) is 50.5 Å². The molecule has 1 unspecified atom stereocenters. The number of rotatable bonds is 7. The molecule has 1 saturated carbocycles. The maximum absolute atomic E-state index is 12.9. The van der Waals surface area contributed by atoms with Crippen molar-refractivity contribution >= 4 is 24.4 Å². The fraction of sp³-hybridized carbons (Fsp3) is 0.250. The van der Waals surface area contributed by atoms with E-state index in [9.17, 15) is 12.9 Å². The van der Waals surface area contributed by atoms with Crippen molar-refractivity contribution in [1.82, 2.24) is 20.7 Å². The van der Waals surface area contributed by atoms with Crippen LogP contribution in [0, 0.1) is 5.82 Å². The molecule has 0 aliphatic heterocycles. The van der Waals surface area contributed by atoms with Crippen molar-refractivity contribution in [3.63, 3.8) is 0 Å². The maximum Gasteiger partial charge on any atom is 0.123 e. The number of aromatic amines is 1. The Morgan fingerprint density at radius 3 is 2.44 bits per heavy atom. The van der Waals surface area contributed by atoms with Gasteiger partial charge in [0.1, 0.15) is 5.82 Å². The molecule has 3 N–H and O–H groups in total. The van der Waals surface area contributed by atoms with Gasteiger partial charge < -0.3 is 0 Å². The van der Waals surface area contributed by atoms with Crippen LogP contribution in [0.25, 0.3) is 22.4 Å². The van der Waals surface area contributed by atoms with Gasteiger partial charge >= 0.3 is 126 Å². The van der Waals surface area contributed by atoms with E-state index in [1.54, 1.807) is 48.9 Å². The molecule has 2 aromatic heterocycles. The summed E-state index contributed by atoms with van der Waals surface area (Å²) in [4.78, 5) is 14.9. The zero-order chi connectivity index (χ0) is 27.7. The monoisotopic (exact) mass is 596 g/mol. The first-order chi connectivity index (χ1) is 18.9. The predicted octanol–water partition coefficient (Wildman–Crippen LogP) is 5.15. The summed E-state index contributed by atoms with van der Waals surface area (Å²) in [6, 6.07) is 17.2. The number of carbonyl (C=O) groups is 1. The number of carbonyl (C=O) groups excluding carboxylic acids is 1. The number of hydroxylamine groups is 1. The minimum Gasteiger partial charge on any atom is -0.277 e. The minimum absolute atomic E-state index is 0.247. The van der Waals surface area contributed by atoms with E-state index >= 15 is 0 Å². The molecule has 0 radical (unpaired) electrons.